The molecule has 3 fully saturated rings. The van der Waals surface area contributed by atoms with Gasteiger partial charge in [0.2, 0.25) is 0 Å². The van der Waals surface area contributed by atoms with Crippen molar-refractivity contribution in [1.82, 2.24) is 0 Å². The molecule has 8 atom stereocenters. The number of hydrogen-bond donors (Lipinski definition) is 2. The van der Waals surface area contributed by atoms with Crippen LogP contribution >= 0.6 is 0 Å². The lowest BCUT2D eigenvalue weighted by Crippen LogP contribution is -2.57. The van der Waals surface area contributed by atoms with Crippen LogP contribution in [0.5, 0.6) is 0 Å². The Bertz CT molecular complexity index is 611. The molecule has 1 heterocycles. The summed E-state index contributed by atoms with van der Waals surface area (Å²) in [5, 5.41) is 21.7. The summed E-state index contributed by atoms with van der Waals surface area (Å²) in [7, 11) is 0. The standard InChI is InChI=1S/C23H36O3/c1-4-19(15-9-12-26-14-15)23(3)11-8-20-18(21(23)25)6-5-16-13-17(24)7-10-22(16,20)2/h9,12,14,16-21,24-25H,4-8,10-11,13H2,1-3H3/t16-,17+,18-,19-,20+,21+,22+,23-/m1/s1. The predicted molar refractivity (Wildman–Crippen MR) is 103 cm³/mol. The van der Waals surface area contributed by atoms with Gasteiger partial charge in [0.1, 0.15) is 0 Å². The highest BCUT2D eigenvalue weighted by Crippen LogP contribution is 2.63. The molecule has 3 heteroatoms. The Balaban J connectivity index is 1.60. The van der Waals surface area contributed by atoms with Gasteiger partial charge in [0.15, 0.2) is 0 Å². The number of hydrogen-bond acceptors (Lipinski definition) is 3. The summed E-state index contributed by atoms with van der Waals surface area (Å²) in [6.45, 7) is 7.01. The molecule has 0 bridgehead atoms. The van der Waals surface area contributed by atoms with E-state index in [1.165, 1.54) is 18.4 Å². The maximum Gasteiger partial charge on any atom is 0.0937 e. The Morgan fingerprint density at radius 3 is 2.65 bits per heavy atom. The lowest BCUT2D eigenvalue weighted by Gasteiger charge is -2.61. The van der Waals surface area contributed by atoms with E-state index in [0.29, 0.717) is 29.1 Å². The minimum absolute atomic E-state index is 0.0723. The molecule has 0 aromatic carbocycles. The normalized spacial score (nSPS) is 47.0. The van der Waals surface area contributed by atoms with Crippen LogP contribution in [0.4, 0.5) is 0 Å². The highest BCUT2D eigenvalue weighted by atomic mass is 16.3. The molecule has 0 amide bonds. The number of fused-ring (bicyclic) bond motifs is 3. The second-order valence-corrected chi connectivity index (χ2v) is 9.99. The molecule has 0 unspecified atom stereocenters. The second kappa shape index (κ2) is 6.67. The summed E-state index contributed by atoms with van der Waals surface area (Å²) in [6.07, 6.45) is 12.0. The second-order valence-electron chi connectivity index (χ2n) is 9.99. The average molecular weight is 361 g/mol. The highest BCUT2D eigenvalue weighted by molar-refractivity contribution is 5.19. The van der Waals surface area contributed by atoms with Crippen LogP contribution in [-0.2, 0) is 0 Å². The molecule has 0 aliphatic heterocycles. The fourth-order valence-corrected chi connectivity index (χ4v) is 7.38. The molecule has 2 N–H and O–H groups in total. The van der Waals surface area contributed by atoms with Crippen molar-refractivity contribution in [1.29, 1.82) is 0 Å². The summed E-state index contributed by atoms with van der Waals surface area (Å²) in [6, 6.07) is 2.08. The highest BCUT2D eigenvalue weighted by Gasteiger charge is 2.58. The summed E-state index contributed by atoms with van der Waals surface area (Å²) < 4.78 is 5.37. The van der Waals surface area contributed by atoms with Crippen molar-refractivity contribution in [2.45, 2.75) is 90.3 Å². The van der Waals surface area contributed by atoms with Crippen LogP contribution in [0.2, 0.25) is 0 Å². The first-order valence-electron chi connectivity index (χ1n) is 10.8. The van der Waals surface area contributed by atoms with Crippen LogP contribution in [-0.4, -0.2) is 22.4 Å². The van der Waals surface area contributed by atoms with Crippen molar-refractivity contribution in [2.75, 3.05) is 0 Å². The number of rotatable bonds is 3. The van der Waals surface area contributed by atoms with E-state index in [4.69, 9.17) is 4.42 Å². The van der Waals surface area contributed by atoms with Crippen molar-refractivity contribution in [3.8, 4) is 0 Å². The van der Waals surface area contributed by atoms with Gasteiger partial charge in [-0.25, -0.2) is 0 Å². The quantitative estimate of drug-likeness (QED) is 0.786. The third-order valence-electron chi connectivity index (χ3n) is 8.94. The van der Waals surface area contributed by atoms with Crippen molar-refractivity contribution in [2.24, 2.45) is 28.6 Å². The smallest absolute Gasteiger partial charge is 0.0937 e. The van der Waals surface area contributed by atoms with E-state index >= 15 is 0 Å². The first kappa shape index (κ1) is 18.6. The van der Waals surface area contributed by atoms with Gasteiger partial charge in [-0.2, -0.15) is 0 Å². The molecule has 0 spiro atoms. The number of aliphatic hydroxyl groups is 2. The van der Waals surface area contributed by atoms with Crippen molar-refractivity contribution >= 4 is 0 Å². The van der Waals surface area contributed by atoms with Crippen LogP contribution in [0.1, 0.15) is 83.6 Å². The van der Waals surface area contributed by atoms with E-state index in [9.17, 15) is 10.2 Å². The van der Waals surface area contributed by atoms with E-state index in [0.717, 1.165) is 38.5 Å². The topological polar surface area (TPSA) is 53.6 Å². The van der Waals surface area contributed by atoms with Gasteiger partial charge in [-0.3, -0.25) is 0 Å². The van der Waals surface area contributed by atoms with Crippen LogP contribution in [0.25, 0.3) is 0 Å². The lowest BCUT2D eigenvalue weighted by molar-refractivity contribution is -0.161. The predicted octanol–water partition coefficient (Wildman–Crippen LogP) is 5.13. The Labute approximate surface area is 158 Å². The third kappa shape index (κ3) is 2.69. The number of aliphatic hydroxyl groups excluding tert-OH is 2. The zero-order valence-corrected chi connectivity index (χ0v) is 16.7. The summed E-state index contributed by atoms with van der Waals surface area (Å²) in [5.41, 5.74) is 1.48. The van der Waals surface area contributed by atoms with Crippen LogP contribution in [0.15, 0.2) is 23.0 Å². The first-order chi connectivity index (χ1) is 12.4. The largest absolute Gasteiger partial charge is 0.472 e. The van der Waals surface area contributed by atoms with Crippen molar-refractivity contribution in [3.05, 3.63) is 24.2 Å². The van der Waals surface area contributed by atoms with Crippen LogP contribution < -0.4 is 0 Å². The lowest BCUT2D eigenvalue weighted by atomic mass is 9.45. The van der Waals surface area contributed by atoms with E-state index in [1.807, 2.05) is 6.26 Å². The fraction of sp³-hybridized carbons (Fsp3) is 0.826. The van der Waals surface area contributed by atoms with Gasteiger partial charge in [0, 0.05) is 5.41 Å². The summed E-state index contributed by atoms with van der Waals surface area (Å²) in [5.74, 6) is 2.01. The summed E-state index contributed by atoms with van der Waals surface area (Å²) >= 11 is 0. The van der Waals surface area contributed by atoms with Crippen LogP contribution in [0.3, 0.4) is 0 Å². The zero-order chi connectivity index (χ0) is 18.5. The Morgan fingerprint density at radius 2 is 1.96 bits per heavy atom. The minimum atomic E-state index is -0.245. The number of furan rings is 1. The molecule has 146 valence electrons. The van der Waals surface area contributed by atoms with Crippen LogP contribution in [0, 0.1) is 28.6 Å². The van der Waals surface area contributed by atoms with E-state index in [1.54, 1.807) is 6.26 Å². The molecule has 0 saturated heterocycles. The molecule has 3 aliphatic rings. The molecule has 1 aromatic rings. The van der Waals surface area contributed by atoms with Gasteiger partial charge in [-0.1, -0.05) is 20.8 Å². The average Bonchev–Trinajstić information content (AvgIpc) is 3.13. The molecular formula is C23H36O3. The van der Waals surface area contributed by atoms with Crippen molar-refractivity contribution in [3.63, 3.8) is 0 Å². The van der Waals surface area contributed by atoms with E-state index < -0.39 is 0 Å². The van der Waals surface area contributed by atoms with E-state index in [2.05, 4.69) is 26.8 Å². The van der Waals surface area contributed by atoms with E-state index in [-0.39, 0.29) is 17.6 Å². The van der Waals surface area contributed by atoms with Gasteiger partial charge in [-0.05, 0) is 92.1 Å². The molecule has 26 heavy (non-hydrogen) atoms. The maximum atomic E-state index is 11.6. The van der Waals surface area contributed by atoms with Gasteiger partial charge >= 0.3 is 0 Å². The Kier molecular flexibility index (Phi) is 4.76. The maximum absolute atomic E-state index is 11.6. The zero-order valence-electron chi connectivity index (χ0n) is 16.7. The molecule has 3 nitrogen and oxygen atoms in total. The minimum Gasteiger partial charge on any atom is -0.472 e. The fourth-order valence-electron chi connectivity index (χ4n) is 7.38. The SMILES string of the molecule is CC[C@H](c1ccoc1)[C@@]1(C)CC[C@H]2[C@@H](CC[C@@H]3C[C@@H](O)CC[C@@]32C)[C@@H]1O. The molecule has 3 saturated carbocycles. The van der Waals surface area contributed by atoms with Gasteiger partial charge < -0.3 is 14.6 Å². The molecule has 3 aliphatic carbocycles. The Hall–Kier alpha value is -0.800. The monoisotopic (exact) mass is 360 g/mol. The molecule has 0 radical (unpaired) electrons. The third-order valence-corrected chi connectivity index (χ3v) is 8.94. The summed E-state index contributed by atoms with van der Waals surface area (Å²) in [4.78, 5) is 0. The van der Waals surface area contributed by atoms with Gasteiger partial charge in [-0.15, -0.1) is 0 Å². The van der Waals surface area contributed by atoms with Gasteiger partial charge in [0.25, 0.3) is 0 Å². The molecule has 1 aromatic heterocycles. The molecule has 4 rings (SSSR count). The first-order valence-corrected chi connectivity index (χ1v) is 10.8. The molecular weight excluding hydrogens is 324 g/mol. The van der Waals surface area contributed by atoms with Gasteiger partial charge in [0.05, 0.1) is 24.7 Å². The van der Waals surface area contributed by atoms with Crippen molar-refractivity contribution < 1.29 is 14.6 Å². The Morgan fingerprint density at radius 1 is 1.15 bits per heavy atom.